The third-order valence-corrected chi connectivity index (χ3v) is 3.39. The summed E-state index contributed by atoms with van der Waals surface area (Å²) in [5.41, 5.74) is 1.11. The number of halogens is 1. The van der Waals surface area contributed by atoms with Crippen molar-refractivity contribution in [2.45, 2.75) is 19.9 Å². The van der Waals surface area contributed by atoms with Crippen molar-refractivity contribution in [1.82, 2.24) is 20.0 Å². The lowest BCUT2D eigenvalue weighted by Gasteiger charge is -2.21. The number of thiocarbonyl (C=S) groups is 1. The van der Waals surface area contributed by atoms with Gasteiger partial charge in [-0.2, -0.15) is 5.10 Å². The highest BCUT2D eigenvalue weighted by Crippen LogP contribution is 2.16. The number of rotatable bonds is 4. The first-order valence-electron chi connectivity index (χ1n) is 5.21. The first-order chi connectivity index (χ1) is 7.56. The fraction of sp³-hybridized carbons (Fsp3) is 0.600. The summed E-state index contributed by atoms with van der Waals surface area (Å²) in [6.45, 7) is 3.77. The zero-order valence-electron chi connectivity index (χ0n) is 9.83. The van der Waals surface area contributed by atoms with E-state index in [2.05, 4.69) is 33.3 Å². The molecule has 0 aliphatic heterocycles. The molecule has 6 heteroatoms. The number of nitrogens with one attached hydrogen (secondary N) is 1. The van der Waals surface area contributed by atoms with Crippen molar-refractivity contribution in [1.29, 1.82) is 0 Å². The highest BCUT2D eigenvalue weighted by atomic mass is 79.9. The van der Waals surface area contributed by atoms with Gasteiger partial charge in [0, 0.05) is 20.6 Å². The zero-order valence-corrected chi connectivity index (χ0v) is 12.2. The van der Waals surface area contributed by atoms with Crippen LogP contribution in [-0.2, 0) is 13.6 Å². The van der Waals surface area contributed by atoms with Crippen molar-refractivity contribution in [3.8, 4) is 0 Å². The van der Waals surface area contributed by atoms with E-state index in [-0.39, 0.29) is 0 Å². The van der Waals surface area contributed by atoms with Crippen molar-refractivity contribution in [2.75, 3.05) is 13.6 Å². The second-order valence-electron chi connectivity index (χ2n) is 3.65. The Balaban J connectivity index is 2.57. The van der Waals surface area contributed by atoms with Crippen LogP contribution in [0.1, 0.15) is 19.0 Å². The Morgan fingerprint density at radius 3 is 2.88 bits per heavy atom. The molecule has 0 unspecified atom stereocenters. The Labute approximate surface area is 110 Å². The normalized spacial score (nSPS) is 10.2. The predicted molar refractivity (Wildman–Crippen MR) is 73.3 cm³/mol. The van der Waals surface area contributed by atoms with Gasteiger partial charge in [-0.05, 0) is 34.6 Å². The summed E-state index contributed by atoms with van der Waals surface area (Å²) < 4.78 is 2.86. The van der Waals surface area contributed by atoms with Gasteiger partial charge in [0.1, 0.15) is 0 Å². The number of nitrogens with zero attached hydrogens (tertiary/aromatic N) is 3. The lowest BCUT2D eigenvalue weighted by Crippen LogP contribution is -2.37. The monoisotopic (exact) mass is 304 g/mol. The lowest BCUT2D eigenvalue weighted by atomic mass is 10.4. The van der Waals surface area contributed by atoms with Crippen LogP contribution in [0, 0.1) is 0 Å². The van der Waals surface area contributed by atoms with Crippen LogP contribution in [0.4, 0.5) is 0 Å². The molecular formula is C10H17BrN4S. The maximum Gasteiger partial charge on any atom is 0.169 e. The summed E-state index contributed by atoms with van der Waals surface area (Å²) in [6.07, 6.45) is 2.87. The first-order valence-corrected chi connectivity index (χ1v) is 6.41. The fourth-order valence-electron chi connectivity index (χ4n) is 1.28. The molecule has 16 heavy (non-hydrogen) atoms. The Hall–Kier alpha value is -0.620. The minimum Gasteiger partial charge on any atom is -0.363 e. The molecule has 1 N–H and O–H groups in total. The van der Waals surface area contributed by atoms with Crippen molar-refractivity contribution in [2.24, 2.45) is 7.05 Å². The van der Waals surface area contributed by atoms with Crippen LogP contribution in [0.5, 0.6) is 0 Å². The van der Waals surface area contributed by atoms with Crippen molar-refractivity contribution in [3.05, 3.63) is 16.4 Å². The number of aromatic nitrogens is 2. The molecule has 0 saturated heterocycles. The van der Waals surface area contributed by atoms with Gasteiger partial charge in [0.25, 0.3) is 0 Å². The summed E-state index contributed by atoms with van der Waals surface area (Å²) in [4.78, 5) is 2.01. The summed E-state index contributed by atoms with van der Waals surface area (Å²) in [5, 5.41) is 8.14. The van der Waals surface area contributed by atoms with E-state index >= 15 is 0 Å². The average Bonchev–Trinajstić information content (AvgIpc) is 2.57. The first kappa shape index (κ1) is 13.4. The molecular weight excluding hydrogens is 288 g/mol. The fourth-order valence-corrected chi connectivity index (χ4v) is 1.92. The van der Waals surface area contributed by atoms with Crippen LogP contribution in [0.3, 0.4) is 0 Å². The van der Waals surface area contributed by atoms with E-state index in [1.807, 2.05) is 23.7 Å². The molecule has 90 valence electrons. The number of hydrogen-bond donors (Lipinski definition) is 1. The van der Waals surface area contributed by atoms with Crippen LogP contribution in [-0.4, -0.2) is 33.4 Å². The van der Waals surface area contributed by atoms with Crippen LogP contribution < -0.4 is 5.32 Å². The van der Waals surface area contributed by atoms with E-state index in [9.17, 15) is 0 Å². The van der Waals surface area contributed by atoms with Crippen molar-refractivity contribution in [3.63, 3.8) is 0 Å². The molecule has 1 rings (SSSR count). The highest BCUT2D eigenvalue weighted by Gasteiger charge is 2.10. The summed E-state index contributed by atoms with van der Waals surface area (Å²) in [7, 11) is 3.90. The van der Waals surface area contributed by atoms with E-state index in [0.29, 0.717) is 0 Å². The minimum absolute atomic E-state index is 0.743. The van der Waals surface area contributed by atoms with Crippen LogP contribution in [0.15, 0.2) is 10.7 Å². The van der Waals surface area contributed by atoms with Gasteiger partial charge < -0.3 is 10.2 Å². The van der Waals surface area contributed by atoms with Crippen molar-refractivity contribution < 1.29 is 0 Å². The molecule has 0 saturated carbocycles. The van der Waals surface area contributed by atoms with Gasteiger partial charge in [-0.1, -0.05) is 6.92 Å². The molecule has 1 aromatic rings. The summed E-state index contributed by atoms with van der Waals surface area (Å²) in [6, 6.07) is 0. The largest absolute Gasteiger partial charge is 0.363 e. The van der Waals surface area contributed by atoms with E-state index in [0.717, 1.165) is 34.8 Å². The molecule has 0 aliphatic carbocycles. The van der Waals surface area contributed by atoms with E-state index < -0.39 is 0 Å². The van der Waals surface area contributed by atoms with Gasteiger partial charge in [-0.25, -0.2) is 0 Å². The molecule has 1 heterocycles. The molecule has 0 aliphatic rings. The predicted octanol–water partition coefficient (Wildman–Crippen LogP) is 1.90. The molecule has 4 nitrogen and oxygen atoms in total. The molecule has 0 amide bonds. The summed E-state index contributed by atoms with van der Waals surface area (Å²) in [5.74, 6) is 0. The molecule has 0 atom stereocenters. The average molecular weight is 305 g/mol. The van der Waals surface area contributed by atoms with E-state index in [4.69, 9.17) is 12.2 Å². The Kier molecular flexibility index (Phi) is 5.21. The standard InChI is InChI=1S/C10H17BrN4S/c1-4-5-12-10(16)14(2)7-9-8(11)6-13-15(9)3/h6H,4-5,7H2,1-3H3,(H,12,16). The second-order valence-corrected chi connectivity index (χ2v) is 4.89. The smallest absolute Gasteiger partial charge is 0.169 e. The van der Waals surface area contributed by atoms with Gasteiger partial charge >= 0.3 is 0 Å². The Morgan fingerprint density at radius 1 is 1.69 bits per heavy atom. The van der Waals surface area contributed by atoms with Gasteiger partial charge in [-0.3, -0.25) is 4.68 Å². The SMILES string of the molecule is CCCNC(=S)N(C)Cc1c(Br)cnn1C. The van der Waals surface area contributed by atoms with E-state index in [1.165, 1.54) is 0 Å². The zero-order chi connectivity index (χ0) is 12.1. The van der Waals surface area contributed by atoms with Crippen molar-refractivity contribution >= 4 is 33.3 Å². The van der Waals surface area contributed by atoms with Gasteiger partial charge in [0.15, 0.2) is 5.11 Å². The number of hydrogen-bond acceptors (Lipinski definition) is 2. The highest BCUT2D eigenvalue weighted by molar-refractivity contribution is 9.10. The van der Waals surface area contributed by atoms with E-state index in [1.54, 1.807) is 6.20 Å². The topological polar surface area (TPSA) is 33.1 Å². The molecule has 0 aromatic carbocycles. The minimum atomic E-state index is 0.743. The number of aryl methyl sites for hydroxylation is 1. The Morgan fingerprint density at radius 2 is 2.38 bits per heavy atom. The second kappa shape index (κ2) is 6.20. The van der Waals surface area contributed by atoms with Crippen LogP contribution in [0.2, 0.25) is 0 Å². The molecule has 1 aromatic heterocycles. The molecule has 0 fully saturated rings. The lowest BCUT2D eigenvalue weighted by molar-refractivity contribution is 0.465. The van der Waals surface area contributed by atoms with Crippen LogP contribution >= 0.6 is 28.1 Å². The summed E-state index contributed by atoms with van der Waals surface area (Å²) >= 11 is 8.75. The van der Waals surface area contributed by atoms with Gasteiger partial charge in [0.2, 0.25) is 0 Å². The third kappa shape index (κ3) is 3.45. The van der Waals surface area contributed by atoms with Gasteiger partial charge in [0.05, 0.1) is 22.9 Å². The Bertz CT molecular complexity index is 344. The molecule has 0 spiro atoms. The molecule has 0 bridgehead atoms. The van der Waals surface area contributed by atoms with Crippen LogP contribution in [0.25, 0.3) is 0 Å². The van der Waals surface area contributed by atoms with Gasteiger partial charge in [-0.15, -0.1) is 0 Å². The maximum atomic E-state index is 5.27. The third-order valence-electron chi connectivity index (χ3n) is 2.27. The maximum absolute atomic E-state index is 5.27. The molecule has 0 radical (unpaired) electrons. The quantitative estimate of drug-likeness (QED) is 0.861.